The second kappa shape index (κ2) is 7.74. The Morgan fingerprint density at radius 3 is 2.57 bits per heavy atom. The van der Waals surface area contributed by atoms with Crippen LogP contribution in [0.4, 0.5) is 0 Å². The van der Waals surface area contributed by atoms with Crippen LogP contribution in [0.3, 0.4) is 0 Å². The molecule has 1 saturated carbocycles. The Morgan fingerprint density at radius 1 is 1.07 bits per heavy atom. The van der Waals surface area contributed by atoms with E-state index in [4.69, 9.17) is 15.2 Å². The number of benzene rings is 1. The van der Waals surface area contributed by atoms with Gasteiger partial charge in [-0.15, -0.1) is 0 Å². The van der Waals surface area contributed by atoms with Gasteiger partial charge in [-0.2, -0.15) is 0 Å². The Kier molecular flexibility index (Phi) is 5.06. The van der Waals surface area contributed by atoms with Gasteiger partial charge >= 0.3 is 0 Å². The van der Waals surface area contributed by atoms with Crippen LogP contribution < -0.4 is 15.2 Å². The first-order valence-electron chi connectivity index (χ1n) is 11.0. The van der Waals surface area contributed by atoms with E-state index < -0.39 is 11.3 Å². The summed E-state index contributed by atoms with van der Waals surface area (Å²) in [6.45, 7) is 6.68. The van der Waals surface area contributed by atoms with E-state index in [0.717, 1.165) is 70.2 Å². The number of carbonyl (C=O) groups is 2. The van der Waals surface area contributed by atoms with E-state index in [1.807, 2.05) is 11.0 Å². The number of likely N-dealkylation sites (tertiary alicyclic amines) is 1. The van der Waals surface area contributed by atoms with E-state index in [1.54, 1.807) is 0 Å². The molecule has 3 fully saturated rings. The standard InChI is InChI=1S/C22H30N4O4/c23-20(27)22(5-6-22)21(28)26-7-1-2-17(14-26)25-10-8-24(9-11-25)13-16-3-4-18-19(12-16)30-15-29-18/h3-4,12,17H,1-2,5-11,13-15H2,(H2,23,27)/t17-/m0/s1. The predicted octanol–water partition coefficient (Wildman–Crippen LogP) is 0.789. The zero-order chi connectivity index (χ0) is 20.7. The molecule has 0 unspecified atom stereocenters. The topological polar surface area (TPSA) is 88.3 Å². The molecule has 3 heterocycles. The number of rotatable bonds is 5. The Bertz CT molecular complexity index is 832. The van der Waals surface area contributed by atoms with Crippen molar-refractivity contribution in [1.29, 1.82) is 0 Å². The third kappa shape index (κ3) is 3.63. The molecule has 30 heavy (non-hydrogen) atoms. The number of ether oxygens (including phenoxy) is 2. The molecule has 162 valence electrons. The van der Waals surface area contributed by atoms with Crippen molar-refractivity contribution in [1.82, 2.24) is 14.7 Å². The molecule has 1 aliphatic carbocycles. The number of nitrogens with zero attached hydrogens (tertiary/aromatic N) is 3. The fourth-order valence-electron chi connectivity index (χ4n) is 5.01. The number of primary amides is 1. The third-order valence-corrected chi connectivity index (χ3v) is 7.08. The highest BCUT2D eigenvalue weighted by Crippen LogP contribution is 2.47. The highest BCUT2D eigenvalue weighted by molar-refractivity contribution is 6.07. The van der Waals surface area contributed by atoms with E-state index in [2.05, 4.69) is 21.9 Å². The van der Waals surface area contributed by atoms with E-state index in [0.29, 0.717) is 25.7 Å². The first-order valence-corrected chi connectivity index (χ1v) is 11.0. The summed E-state index contributed by atoms with van der Waals surface area (Å²) in [4.78, 5) is 31.5. The van der Waals surface area contributed by atoms with Gasteiger partial charge in [0.2, 0.25) is 18.6 Å². The van der Waals surface area contributed by atoms with Crippen molar-refractivity contribution < 1.29 is 19.1 Å². The number of carbonyl (C=O) groups excluding carboxylic acids is 2. The summed E-state index contributed by atoms with van der Waals surface area (Å²) in [5, 5.41) is 0. The lowest BCUT2D eigenvalue weighted by atomic mass is 9.98. The van der Waals surface area contributed by atoms with Crippen LogP contribution in [0.2, 0.25) is 0 Å². The molecule has 0 bridgehead atoms. The lowest BCUT2D eigenvalue weighted by Crippen LogP contribution is -2.57. The number of nitrogens with two attached hydrogens (primary N) is 1. The molecule has 0 aromatic heterocycles. The summed E-state index contributed by atoms with van der Waals surface area (Å²) < 4.78 is 10.9. The maximum atomic E-state index is 12.9. The zero-order valence-electron chi connectivity index (χ0n) is 17.3. The molecule has 5 rings (SSSR count). The second-order valence-electron chi connectivity index (χ2n) is 8.99. The largest absolute Gasteiger partial charge is 0.454 e. The first-order chi connectivity index (χ1) is 14.5. The van der Waals surface area contributed by atoms with Crippen LogP contribution in [0.15, 0.2) is 18.2 Å². The van der Waals surface area contributed by atoms with E-state index in [9.17, 15) is 9.59 Å². The average Bonchev–Trinajstić information content (AvgIpc) is 3.46. The molecule has 2 amide bonds. The fraction of sp³-hybridized carbons (Fsp3) is 0.636. The maximum absolute atomic E-state index is 12.9. The Labute approximate surface area is 176 Å². The molecule has 4 aliphatic rings. The molecule has 0 spiro atoms. The van der Waals surface area contributed by atoms with E-state index in [-0.39, 0.29) is 5.91 Å². The number of piperidine rings is 1. The molecule has 0 radical (unpaired) electrons. The van der Waals surface area contributed by atoms with E-state index >= 15 is 0 Å². The quantitative estimate of drug-likeness (QED) is 0.717. The van der Waals surface area contributed by atoms with Crippen molar-refractivity contribution in [3.8, 4) is 11.5 Å². The van der Waals surface area contributed by atoms with Crippen LogP contribution in [0.1, 0.15) is 31.2 Å². The second-order valence-corrected chi connectivity index (χ2v) is 8.99. The van der Waals surface area contributed by atoms with Gasteiger partial charge in [-0.05, 0) is 43.4 Å². The van der Waals surface area contributed by atoms with Crippen LogP contribution in [0.5, 0.6) is 11.5 Å². The van der Waals surface area contributed by atoms with Crippen molar-refractivity contribution in [2.75, 3.05) is 46.1 Å². The monoisotopic (exact) mass is 414 g/mol. The molecule has 2 N–H and O–H groups in total. The summed E-state index contributed by atoms with van der Waals surface area (Å²) in [7, 11) is 0. The Hall–Kier alpha value is -2.32. The first kappa shape index (κ1) is 19.6. The summed E-state index contributed by atoms with van der Waals surface area (Å²) >= 11 is 0. The minimum atomic E-state index is -0.898. The summed E-state index contributed by atoms with van der Waals surface area (Å²) in [5.41, 5.74) is 5.85. The minimum Gasteiger partial charge on any atom is -0.454 e. The van der Waals surface area contributed by atoms with Crippen molar-refractivity contribution in [2.24, 2.45) is 11.1 Å². The zero-order valence-corrected chi connectivity index (χ0v) is 17.3. The third-order valence-electron chi connectivity index (χ3n) is 7.08. The molecule has 8 heteroatoms. The lowest BCUT2D eigenvalue weighted by Gasteiger charge is -2.44. The van der Waals surface area contributed by atoms with Gasteiger partial charge in [0.05, 0.1) is 0 Å². The molecule has 8 nitrogen and oxygen atoms in total. The lowest BCUT2D eigenvalue weighted by molar-refractivity contribution is -0.144. The highest BCUT2D eigenvalue weighted by atomic mass is 16.7. The van der Waals surface area contributed by atoms with Gasteiger partial charge in [-0.1, -0.05) is 6.07 Å². The Morgan fingerprint density at radius 2 is 1.83 bits per heavy atom. The van der Waals surface area contributed by atoms with Crippen molar-refractivity contribution >= 4 is 11.8 Å². The molecule has 2 saturated heterocycles. The molecular formula is C22H30N4O4. The number of fused-ring (bicyclic) bond motifs is 1. The number of amides is 2. The average molecular weight is 415 g/mol. The summed E-state index contributed by atoms with van der Waals surface area (Å²) in [5.74, 6) is 1.17. The predicted molar refractivity (Wildman–Crippen MR) is 110 cm³/mol. The minimum absolute atomic E-state index is 0.0406. The summed E-state index contributed by atoms with van der Waals surface area (Å²) in [6, 6.07) is 6.54. The number of piperazine rings is 1. The van der Waals surface area contributed by atoms with Gasteiger partial charge in [-0.25, -0.2) is 0 Å². The van der Waals surface area contributed by atoms with Crippen molar-refractivity contribution in [3.05, 3.63) is 23.8 Å². The van der Waals surface area contributed by atoms with Crippen molar-refractivity contribution in [2.45, 2.75) is 38.3 Å². The number of hydrogen-bond acceptors (Lipinski definition) is 6. The summed E-state index contributed by atoms with van der Waals surface area (Å²) in [6.07, 6.45) is 3.32. The maximum Gasteiger partial charge on any atom is 0.238 e. The molecule has 1 aromatic rings. The van der Waals surface area contributed by atoms with Gasteiger partial charge in [0.25, 0.3) is 0 Å². The molecule has 3 aliphatic heterocycles. The highest BCUT2D eigenvalue weighted by Gasteiger charge is 2.57. The van der Waals surface area contributed by atoms with Gasteiger partial charge in [0, 0.05) is 51.9 Å². The van der Waals surface area contributed by atoms with Gasteiger partial charge < -0.3 is 20.1 Å². The Balaban J connectivity index is 1.14. The van der Waals surface area contributed by atoms with Crippen LogP contribution >= 0.6 is 0 Å². The van der Waals surface area contributed by atoms with Crippen LogP contribution in [-0.4, -0.2) is 78.6 Å². The van der Waals surface area contributed by atoms with Crippen molar-refractivity contribution in [3.63, 3.8) is 0 Å². The smallest absolute Gasteiger partial charge is 0.238 e. The molecular weight excluding hydrogens is 384 g/mol. The van der Waals surface area contributed by atoms with E-state index in [1.165, 1.54) is 5.56 Å². The molecule has 1 atom stereocenters. The van der Waals surface area contributed by atoms with Gasteiger partial charge in [0.1, 0.15) is 5.41 Å². The van der Waals surface area contributed by atoms with Crippen LogP contribution in [0.25, 0.3) is 0 Å². The van der Waals surface area contributed by atoms with Crippen LogP contribution in [0, 0.1) is 5.41 Å². The SMILES string of the molecule is NC(=O)C1(C(=O)N2CCC[C@H](N3CCN(Cc4ccc5c(c4)OCO5)CC3)C2)CC1. The van der Waals surface area contributed by atoms with Crippen LogP contribution in [-0.2, 0) is 16.1 Å². The number of hydrogen-bond donors (Lipinski definition) is 1. The van der Waals surface area contributed by atoms with Gasteiger partial charge in [-0.3, -0.25) is 19.4 Å². The normalized spacial score (nSPS) is 25.9. The molecule has 1 aromatic carbocycles. The van der Waals surface area contributed by atoms with Gasteiger partial charge in [0.15, 0.2) is 11.5 Å². The fourth-order valence-corrected chi connectivity index (χ4v) is 5.01.